The second-order valence-corrected chi connectivity index (χ2v) is 7.48. The minimum atomic E-state index is -1.94. The fraction of sp³-hybridized carbons (Fsp3) is 0.400. The molecule has 1 aliphatic carbocycles. The van der Waals surface area contributed by atoms with E-state index in [0.717, 1.165) is 6.54 Å². The van der Waals surface area contributed by atoms with E-state index in [4.69, 9.17) is 5.73 Å². The lowest BCUT2D eigenvalue weighted by Crippen LogP contribution is -2.64. The molecule has 1 amide bonds. The van der Waals surface area contributed by atoms with Gasteiger partial charge in [0, 0.05) is 24.1 Å². The summed E-state index contributed by atoms with van der Waals surface area (Å²) in [5.74, 6) is -1.06. The summed E-state index contributed by atoms with van der Waals surface area (Å²) in [4.78, 5) is 15.5. The number of allylic oxidation sites excluding steroid dienone is 2. The van der Waals surface area contributed by atoms with Crippen LogP contribution in [0.25, 0.3) is 0 Å². The number of nitriles is 3. The highest BCUT2D eigenvalue weighted by molar-refractivity contribution is 6.09. The van der Waals surface area contributed by atoms with Crippen LogP contribution < -0.4 is 11.1 Å². The summed E-state index contributed by atoms with van der Waals surface area (Å²) in [7, 11) is 1.94. The zero-order chi connectivity index (χ0) is 19.4. The standard InChI is InChI=1S/C20H18N6O/c1-26-7-6-12-13(8-21)17(24)19(10-22,11-23)20(15(12)9-26)14-4-2-3-5-16(14)25-18(20)27/h2-5,12,15H,6-7,9,24H2,1H3,(H,25,27)/t12-,15+,20+/m1/s1. The van der Waals surface area contributed by atoms with Crippen LogP contribution in [-0.4, -0.2) is 30.9 Å². The number of anilines is 1. The molecule has 7 heteroatoms. The molecular formula is C20H18N6O. The van der Waals surface area contributed by atoms with Crippen LogP contribution in [0.2, 0.25) is 0 Å². The summed E-state index contributed by atoms with van der Waals surface area (Å²) in [6.45, 7) is 1.25. The molecule has 7 nitrogen and oxygen atoms in total. The number of amides is 1. The van der Waals surface area contributed by atoms with Crippen molar-refractivity contribution in [2.75, 3.05) is 25.5 Å². The smallest absolute Gasteiger partial charge is 0.238 e. The first-order valence-electron chi connectivity index (χ1n) is 8.80. The van der Waals surface area contributed by atoms with Crippen molar-refractivity contribution in [3.05, 3.63) is 41.1 Å². The zero-order valence-electron chi connectivity index (χ0n) is 14.9. The lowest BCUT2D eigenvalue weighted by molar-refractivity contribution is -0.128. The Balaban J connectivity index is 2.15. The van der Waals surface area contributed by atoms with Crippen LogP contribution in [0, 0.1) is 51.2 Å². The Labute approximate surface area is 157 Å². The van der Waals surface area contributed by atoms with E-state index >= 15 is 0 Å². The van der Waals surface area contributed by atoms with Crippen molar-refractivity contribution in [2.24, 2.45) is 23.0 Å². The quantitative estimate of drug-likeness (QED) is 0.717. The molecule has 1 saturated heterocycles. The summed E-state index contributed by atoms with van der Waals surface area (Å²) in [5.41, 5.74) is 4.35. The van der Waals surface area contributed by atoms with Gasteiger partial charge in [-0.2, -0.15) is 15.8 Å². The number of carbonyl (C=O) groups excluding carboxylic acids is 1. The molecule has 1 fully saturated rings. The first-order valence-corrected chi connectivity index (χ1v) is 8.80. The fourth-order valence-electron chi connectivity index (χ4n) is 5.28. The van der Waals surface area contributed by atoms with Crippen LogP contribution in [0.1, 0.15) is 12.0 Å². The first-order chi connectivity index (χ1) is 13.0. The predicted octanol–water partition coefficient (Wildman–Crippen LogP) is 1.23. The number of nitrogens with two attached hydrogens (primary N) is 1. The van der Waals surface area contributed by atoms with Crippen molar-refractivity contribution in [3.8, 4) is 18.2 Å². The number of fused-ring (bicyclic) bond motifs is 4. The van der Waals surface area contributed by atoms with Gasteiger partial charge in [0.1, 0.15) is 5.41 Å². The largest absolute Gasteiger partial charge is 0.399 e. The Morgan fingerprint density at radius 1 is 1.26 bits per heavy atom. The van der Waals surface area contributed by atoms with Gasteiger partial charge in [0.15, 0.2) is 0 Å². The summed E-state index contributed by atoms with van der Waals surface area (Å²) in [6.07, 6.45) is 0.648. The van der Waals surface area contributed by atoms with Gasteiger partial charge in [0.25, 0.3) is 0 Å². The number of hydrogen-bond acceptors (Lipinski definition) is 6. The number of hydrogen-bond donors (Lipinski definition) is 2. The van der Waals surface area contributed by atoms with E-state index in [-0.39, 0.29) is 17.2 Å². The highest BCUT2D eigenvalue weighted by Crippen LogP contribution is 2.62. The third kappa shape index (κ3) is 1.78. The number of carbonyl (C=O) groups is 1. The molecule has 134 valence electrons. The number of piperidine rings is 1. The molecule has 0 unspecified atom stereocenters. The summed E-state index contributed by atoms with van der Waals surface area (Å²) >= 11 is 0. The highest BCUT2D eigenvalue weighted by atomic mass is 16.2. The van der Waals surface area contributed by atoms with E-state index in [2.05, 4.69) is 28.4 Å². The number of benzene rings is 1. The van der Waals surface area contributed by atoms with Gasteiger partial charge >= 0.3 is 0 Å². The fourth-order valence-corrected chi connectivity index (χ4v) is 5.28. The lowest BCUT2D eigenvalue weighted by atomic mass is 9.46. The van der Waals surface area contributed by atoms with Gasteiger partial charge in [-0.15, -0.1) is 0 Å². The van der Waals surface area contributed by atoms with Gasteiger partial charge in [-0.1, -0.05) is 18.2 Å². The van der Waals surface area contributed by atoms with Crippen LogP contribution in [0.5, 0.6) is 0 Å². The average Bonchev–Trinajstić information content (AvgIpc) is 2.97. The van der Waals surface area contributed by atoms with Crippen molar-refractivity contribution < 1.29 is 4.79 Å². The zero-order valence-corrected chi connectivity index (χ0v) is 14.9. The summed E-state index contributed by atoms with van der Waals surface area (Å²) in [6, 6.07) is 13.4. The minimum Gasteiger partial charge on any atom is -0.399 e. The number of para-hydroxylation sites is 1. The van der Waals surface area contributed by atoms with Gasteiger partial charge in [-0.25, -0.2) is 0 Å². The monoisotopic (exact) mass is 358 g/mol. The molecule has 1 spiro atoms. The van der Waals surface area contributed by atoms with Crippen molar-refractivity contribution >= 4 is 11.6 Å². The molecule has 0 bridgehead atoms. The molecule has 0 saturated carbocycles. The normalized spacial score (nSPS) is 31.3. The average molecular weight is 358 g/mol. The molecule has 2 heterocycles. The van der Waals surface area contributed by atoms with Crippen LogP contribution in [0.15, 0.2) is 35.5 Å². The van der Waals surface area contributed by atoms with Gasteiger partial charge in [0.2, 0.25) is 11.3 Å². The molecule has 4 rings (SSSR count). The molecule has 3 N–H and O–H groups in total. The maximum Gasteiger partial charge on any atom is 0.238 e. The van der Waals surface area contributed by atoms with Crippen molar-refractivity contribution in [3.63, 3.8) is 0 Å². The highest BCUT2D eigenvalue weighted by Gasteiger charge is 2.72. The SMILES string of the molecule is CN1CC[C@@H]2C(C#N)=C(N)C(C#N)(C#N)[C@]3(C(=O)Nc4ccccc43)[C@H]2C1. The minimum absolute atomic E-state index is 0.0762. The molecule has 0 aromatic heterocycles. The maximum atomic E-state index is 13.5. The molecular weight excluding hydrogens is 340 g/mol. The molecule has 3 atom stereocenters. The van der Waals surface area contributed by atoms with E-state index < -0.39 is 22.7 Å². The Hall–Kier alpha value is -3.34. The van der Waals surface area contributed by atoms with E-state index in [1.54, 1.807) is 24.3 Å². The van der Waals surface area contributed by atoms with Crippen LogP contribution in [0.4, 0.5) is 5.69 Å². The van der Waals surface area contributed by atoms with Gasteiger partial charge in [0.05, 0.1) is 29.5 Å². The van der Waals surface area contributed by atoms with Crippen molar-refractivity contribution in [2.45, 2.75) is 11.8 Å². The number of likely N-dealkylation sites (tertiary alicyclic amines) is 1. The predicted molar refractivity (Wildman–Crippen MR) is 96.3 cm³/mol. The Kier molecular flexibility index (Phi) is 3.53. The number of nitrogens with one attached hydrogen (secondary N) is 1. The van der Waals surface area contributed by atoms with E-state index in [1.165, 1.54) is 0 Å². The van der Waals surface area contributed by atoms with Gasteiger partial charge in [-0.3, -0.25) is 4.79 Å². The Morgan fingerprint density at radius 3 is 2.63 bits per heavy atom. The van der Waals surface area contributed by atoms with Crippen LogP contribution in [-0.2, 0) is 10.2 Å². The van der Waals surface area contributed by atoms with E-state index in [9.17, 15) is 20.6 Å². The molecule has 1 aromatic rings. The maximum absolute atomic E-state index is 13.5. The lowest BCUT2D eigenvalue weighted by Gasteiger charge is -2.53. The third-order valence-corrected chi connectivity index (χ3v) is 6.44. The molecule has 3 aliphatic rings. The van der Waals surface area contributed by atoms with Crippen LogP contribution >= 0.6 is 0 Å². The summed E-state index contributed by atoms with van der Waals surface area (Å²) < 4.78 is 0. The number of nitrogens with zero attached hydrogens (tertiary/aromatic N) is 4. The first kappa shape index (κ1) is 17.1. The second-order valence-electron chi connectivity index (χ2n) is 7.48. The molecule has 2 aliphatic heterocycles. The molecule has 1 aromatic carbocycles. The van der Waals surface area contributed by atoms with Gasteiger partial charge in [-0.05, 0) is 31.6 Å². The van der Waals surface area contributed by atoms with Crippen molar-refractivity contribution in [1.29, 1.82) is 15.8 Å². The topological polar surface area (TPSA) is 130 Å². The van der Waals surface area contributed by atoms with E-state index in [1.807, 2.05) is 7.05 Å². The van der Waals surface area contributed by atoms with E-state index in [0.29, 0.717) is 24.2 Å². The molecule has 0 radical (unpaired) electrons. The third-order valence-electron chi connectivity index (χ3n) is 6.44. The van der Waals surface area contributed by atoms with Gasteiger partial charge < -0.3 is 16.0 Å². The molecule has 27 heavy (non-hydrogen) atoms. The Morgan fingerprint density at radius 2 is 1.96 bits per heavy atom. The Bertz CT molecular complexity index is 993. The number of rotatable bonds is 0. The van der Waals surface area contributed by atoms with Crippen LogP contribution in [0.3, 0.4) is 0 Å². The second kappa shape index (κ2) is 5.58. The van der Waals surface area contributed by atoms with Crippen molar-refractivity contribution in [1.82, 2.24) is 4.90 Å². The summed E-state index contributed by atoms with van der Waals surface area (Å²) in [5, 5.41) is 32.9.